The van der Waals surface area contributed by atoms with Gasteiger partial charge in [0.1, 0.15) is 0 Å². The Labute approximate surface area is 152 Å². The smallest absolute Gasteiger partial charge is 0.269 e. The largest absolute Gasteiger partial charge is 0.359 e. The molecule has 3 N–H and O–H groups in total. The van der Waals surface area contributed by atoms with Gasteiger partial charge < -0.3 is 5.32 Å². The number of rotatable bonds is 5. The number of nitrogens with one attached hydrogen (secondary N) is 3. The summed E-state index contributed by atoms with van der Waals surface area (Å²) in [5.74, 6) is -0.493. The highest BCUT2D eigenvalue weighted by atomic mass is 32.2. The minimum absolute atomic E-state index is 0.0452. The lowest BCUT2D eigenvalue weighted by Gasteiger charge is -2.17. The van der Waals surface area contributed by atoms with Crippen molar-refractivity contribution in [3.63, 3.8) is 0 Å². The summed E-state index contributed by atoms with van der Waals surface area (Å²) < 4.78 is 25.2. The molecule has 1 aromatic carbocycles. The number of carbonyl (C=O) groups excluding carboxylic acids is 1. The average Bonchev–Trinajstić information content (AvgIpc) is 3.11. The maximum Gasteiger partial charge on any atom is 0.269 e. The van der Waals surface area contributed by atoms with Gasteiger partial charge in [-0.25, -0.2) is 8.42 Å². The molecule has 1 aliphatic rings. The monoisotopic (exact) mass is 386 g/mol. The maximum atomic E-state index is 12.2. The van der Waals surface area contributed by atoms with Crippen molar-refractivity contribution in [1.82, 2.24) is 20.6 Å². The number of benzene rings is 1. The molecule has 10 heteroatoms. The summed E-state index contributed by atoms with van der Waals surface area (Å²) in [4.78, 5) is 16.9. The molecule has 1 amide bonds. The van der Waals surface area contributed by atoms with Gasteiger partial charge in [-0.05, 0) is 43.3 Å². The first kappa shape index (κ1) is 19.6. The highest BCUT2D eigenvalue weighted by molar-refractivity contribution is 7.89. The van der Waals surface area contributed by atoms with Crippen LogP contribution in [0.5, 0.6) is 0 Å². The summed E-state index contributed by atoms with van der Waals surface area (Å²) in [6, 6.07) is 5.99. The Morgan fingerprint density at radius 3 is 2.60 bits per heavy atom. The van der Waals surface area contributed by atoms with Crippen LogP contribution in [0.1, 0.15) is 36.0 Å². The van der Waals surface area contributed by atoms with E-state index in [1.54, 1.807) is 0 Å². The van der Waals surface area contributed by atoms with Gasteiger partial charge in [-0.2, -0.15) is 0 Å². The van der Waals surface area contributed by atoms with Crippen LogP contribution >= 0.6 is 12.2 Å². The van der Waals surface area contributed by atoms with Crippen molar-refractivity contribution in [3.8, 4) is 0 Å². The molecule has 2 rings (SSSR count). The maximum absolute atomic E-state index is 12.2. The standard InChI is InChI=1S/C15H22N4O4S2/c1-19(23-2)25(21,22)13-9-5-6-11(10-13)14(20)17-18-15(24)16-12-7-3-4-8-12/h5-6,9-10,12H,3-4,7-8H2,1-2H3,(H,17,20)(H2,16,18,24). The van der Waals surface area contributed by atoms with Crippen molar-refractivity contribution in [2.24, 2.45) is 0 Å². The third kappa shape index (κ3) is 5.11. The number of carbonyl (C=O) groups is 1. The lowest BCUT2D eigenvalue weighted by Crippen LogP contribution is -2.49. The number of amides is 1. The molecule has 1 aliphatic carbocycles. The van der Waals surface area contributed by atoms with Gasteiger partial charge in [0.25, 0.3) is 15.9 Å². The third-order valence-electron chi connectivity index (χ3n) is 3.97. The van der Waals surface area contributed by atoms with Crippen molar-refractivity contribution in [3.05, 3.63) is 29.8 Å². The lowest BCUT2D eigenvalue weighted by atomic mass is 10.2. The van der Waals surface area contributed by atoms with Gasteiger partial charge in [0.15, 0.2) is 5.11 Å². The molecule has 1 saturated carbocycles. The molecular weight excluding hydrogens is 364 g/mol. The second-order valence-corrected chi connectivity index (χ2v) is 8.00. The molecule has 0 heterocycles. The van der Waals surface area contributed by atoms with Gasteiger partial charge in [0.2, 0.25) is 0 Å². The fourth-order valence-electron chi connectivity index (χ4n) is 2.52. The molecule has 0 saturated heterocycles. The Kier molecular flexibility index (Phi) is 6.71. The molecule has 0 radical (unpaired) electrons. The van der Waals surface area contributed by atoms with Gasteiger partial charge in [0, 0.05) is 18.7 Å². The number of hydrazine groups is 1. The van der Waals surface area contributed by atoms with Crippen molar-refractivity contribution in [1.29, 1.82) is 0 Å². The van der Waals surface area contributed by atoms with E-state index in [1.807, 2.05) is 0 Å². The van der Waals surface area contributed by atoms with Gasteiger partial charge >= 0.3 is 0 Å². The number of sulfonamides is 1. The zero-order valence-corrected chi connectivity index (χ0v) is 15.7. The predicted molar refractivity (Wildman–Crippen MR) is 97.0 cm³/mol. The minimum atomic E-state index is -3.82. The van der Waals surface area contributed by atoms with Crippen LogP contribution in [0.2, 0.25) is 0 Å². The summed E-state index contributed by atoms with van der Waals surface area (Å²) in [6.07, 6.45) is 4.46. The second kappa shape index (κ2) is 8.56. The Bertz CT molecular complexity index is 733. The van der Waals surface area contributed by atoms with E-state index in [1.165, 1.54) is 51.3 Å². The van der Waals surface area contributed by atoms with Gasteiger partial charge in [0.05, 0.1) is 12.0 Å². The van der Waals surface area contributed by atoms with Gasteiger partial charge in [-0.3, -0.25) is 20.5 Å². The number of nitrogens with zero attached hydrogens (tertiary/aromatic N) is 1. The molecule has 0 bridgehead atoms. The number of hydrogen-bond donors (Lipinski definition) is 3. The SMILES string of the molecule is CON(C)S(=O)(=O)c1cccc(C(=O)NNC(=S)NC2CCCC2)c1. The van der Waals surface area contributed by atoms with Crippen molar-refractivity contribution < 1.29 is 18.0 Å². The average molecular weight is 386 g/mol. The third-order valence-corrected chi connectivity index (χ3v) is 5.87. The molecule has 25 heavy (non-hydrogen) atoms. The fourth-order valence-corrected chi connectivity index (χ4v) is 3.76. The molecule has 1 fully saturated rings. The Morgan fingerprint density at radius 1 is 1.28 bits per heavy atom. The normalized spacial score (nSPS) is 15.2. The van der Waals surface area contributed by atoms with E-state index in [0.717, 1.165) is 17.3 Å². The van der Waals surface area contributed by atoms with Crippen LogP contribution in [0.15, 0.2) is 29.2 Å². The minimum Gasteiger partial charge on any atom is -0.359 e. The number of hydrogen-bond acceptors (Lipinski definition) is 5. The van der Waals surface area contributed by atoms with E-state index in [4.69, 9.17) is 17.1 Å². The second-order valence-electron chi connectivity index (χ2n) is 5.66. The van der Waals surface area contributed by atoms with Crippen LogP contribution in [-0.4, -0.2) is 44.1 Å². The quantitative estimate of drug-likeness (QED) is 0.511. The van der Waals surface area contributed by atoms with Crippen molar-refractivity contribution in [2.75, 3.05) is 14.2 Å². The summed E-state index contributed by atoms with van der Waals surface area (Å²) in [6.45, 7) is 0. The number of thiocarbonyl (C=S) groups is 1. The van der Waals surface area contributed by atoms with E-state index in [-0.39, 0.29) is 10.5 Å². The van der Waals surface area contributed by atoms with E-state index < -0.39 is 15.9 Å². The van der Waals surface area contributed by atoms with Gasteiger partial charge in [-0.15, -0.1) is 0 Å². The highest BCUT2D eigenvalue weighted by Gasteiger charge is 2.22. The first-order valence-corrected chi connectivity index (χ1v) is 9.69. The highest BCUT2D eigenvalue weighted by Crippen LogP contribution is 2.17. The van der Waals surface area contributed by atoms with Crippen molar-refractivity contribution >= 4 is 33.3 Å². The molecule has 8 nitrogen and oxygen atoms in total. The molecule has 0 spiro atoms. The van der Waals surface area contributed by atoms with E-state index >= 15 is 0 Å². The molecule has 138 valence electrons. The fraction of sp³-hybridized carbons (Fsp3) is 0.467. The zero-order valence-electron chi connectivity index (χ0n) is 14.1. The van der Waals surface area contributed by atoms with Crippen LogP contribution in [0, 0.1) is 0 Å². The first-order chi connectivity index (χ1) is 11.8. The van der Waals surface area contributed by atoms with Gasteiger partial charge in [-0.1, -0.05) is 23.4 Å². The Hall–Kier alpha value is -1.75. The van der Waals surface area contributed by atoms with Crippen LogP contribution in [0.25, 0.3) is 0 Å². The molecular formula is C15H22N4O4S2. The van der Waals surface area contributed by atoms with Crippen LogP contribution in [0.4, 0.5) is 0 Å². The summed E-state index contributed by atoms with van der Waals surface area (Å²) >= 11 is 5.14. The molecule has 0 aliphatic heterocycles. The topological polar surface area (TPSA) is 99.8 Å². The summed E-state index contributed by atoms with van der Waals surface area (Å²) in [7, 11) is -1.30. The Morgan fingerprint density at radius 2 is 1.96 bits per heavy atom. The molecule has 0 atom stereocenters. The number of hydroxylamine groups is 1. The van der Waals surface area contributed by atoms with Crippen LogP contribution in [-0.2, 0) is 14.9 Å². The van der Waals surface area contributed by atoms with Crippen LogP contribution < -0.4 is 16.2 Å². The molecule has 0 aromatic heterocycles. The predicted octanol–water partition coefficient (Wildman–Crippen LogP) is 0.920. The van der Waals surface area contributed by atoms with E-state index in [0.29, 0.717) is 11.2 Å². The van der Waals surface area contributed by atoms with Crippen LogP contribution in [0.3, 0.4) is 0 Å². The van der Waals surface area contributed by atoms with E-state index in [2.05, 4.69) is 16.2 Å². The first-order valence-electron chi connectivity index (χ1n) is 7.84. The van der Waals surface area contributed by atoms with Crippen molar-refractivity contribution in [2.45, 2.75) is 36.6 Å². The summed E-state index contributed by atoms with van der Waals surface area (Å²) in [5, 5.41) is 3.47. The molecule has 0 unspecified atom stereocenters. The molecule has 1 aromatic rings. The van der Waals surface area contributed by atoms with E-state index in [9.17, 15) is 13.2 Å². The summed E-state index contributed by atoms with van der Waals surface area (Å²) in [5.41, 5.74) is 5.28. The lowest BCUT2D eigenvalue weighted by molar-refractivity contribution is -0.0258. The zero-order chi connectivity index (χ0) is 18.4. The Balaban J connectivity index is 1.97.